The van der Waals surface area contributed by atoms with Gasteiger partial charge >= 0.3 is 0 Å². The SMILES string of the molecule is Cc1c(-c2cccc(NC(=O)c3cc(-c4ccco4)on3)c2)nc2ncccn12. The number of furan rings is 1. The number of rotatable bonds is 4. The van der Waals surface area contributed by atoms with Gasteiger partial charge in [0, 0.05) is 35.4 Å². The van der Waals surface area contributed by atoms with Crippen molar-refractivity contribution in [3.8, 4) is 22.8 Å². The summed E-state index contributed by atoms with van der Waals surface area (Å²) >= 11 is 0. The van der Waals surface area contributed by atoms with Gasteiger partial charge in [0.15, 0.2) is 11.5 Å². The molecule has 1 N–H and O–H groups in total. The highest BCUT2D eigenvalue weighted by atomic mass is 16.5. The van der Waals surface area contributed by atoms with Crippen molar-refractivity contribution < 1.29 is 13.7 Å². The third kappa shape index (κ3) is 3.06. The number of nitrogens with zero attached hydrogens (tertiary/aromatic N) is 4. The van der Waals surface area contributed by atoms with Crippen LogP contribution in [0.4, 0.5) is 5.69 Å². The molecular weight excluding hydrogens is 370 g/mol. The molecule has 0 bridgehead atoms. The second kappa shape index (κ2) is 6.75. The van der Waals surface area contributed by atoms with E-state index in [1.807, 2.05) is 41.8 Å². The van der Waals surface area contributed by atoms with E-state index in [0.29, 0.717) is 23.0 Å². The van der Waals surface area contributed by atoms with Crippen LogP contribution in [0.3, 0.4) is 0 Å². The van der Waals surface area contributed by atoms with Crippen LogP contribution in [0.2, 0.25) is 0 Å². The highest BCUT2D eigenvalue weighted by molar-refractivity contribution is 6.03. The lowest BCUT2D eigenvalue weighted by molar-refractivity contribution is 0.101. The van der Waals surface area contributed by atoms with Gasteiger partial charge in [0.05, 0.1) is 12.0 Å². The monoisotopic (exact) mass is 385 g/mol. The topological polar surface area (TPSA) is 98.5 Å². The minimum Gasteiger partial charge on any atom is -0.461 e. The fraction of sp³-hybridized carbons (Fsp3) is 0.0476. The third-order valence-corrected chi connectivity index (χ3v) is 4.54. The number of fused-ring (bicyclic) bond motifs is 1. The van der Waals surface area contributed by atoms with E-state index < -0.39 is 0 Å². The van der Waals surface area contributed by atoms with Crippen LogP contribution in [-0.4, -0.2) is 25.4 Å². The summed E-state index contributed by atoms with van der Waals surface area (Å²) in [6.07, 6.45) is 5.15. The summed E-state index contributed by atoms with van der Waals surface area (Å²) in [4.78, 5) is 21.4. The van der Waals surface area contributed by atoms with Gasteiger partial charge in [-0.2, -0.15) is 0 Å². The molecule has 0 fully saturated rings. The molecule has 0 radical (unpaired) electrons. The molecule has 4 aromatic heterocycles. The van der Waals surface area contributed by atoms with Gasteiger partial charge in [-0.15, -0.1) is 0 Å². The average molecular weight is 385 g/mol. The van der Waals surface area contributed by atoms with Crippen molar-refractivity contribution in [1.29, 1.82) is 0 Å². The molecule has 0 atom stereocenters. The van der Waals surface area contributed by atoms with Gasteiger partial charge in [-0.25, -0.2) is 9.97 Å². The van der Waals surface area contributed by atoms with Crippen molar-refractivity contribution >= 4 is 17.4 Å². The maximum atomic E-state index is 12.6. The Morgan fingerprint density at radius 3 is 2.86 bits per heavy atom. The van der Waals surface area contributed by atoms with E-state index in [0.717, 1.165) is 17.0 Å². The Kier molecular flexibility index (Phi) is 3.94. The first-order chi connectivity index (χ1) is 14.2. The van der Waals surface area contributed by atoms with Crippen molar-refractivity contribution in [2.75, 3.05) is 5.32 Å². The lowest BCUT2D eigenvalue weighted by Gasteiger charge is -2.05. The molecule has 0 aliphatic rings. The number of hydrogen-bond acceptors (Lipinski definition) is 6. The molecular formula is C21H15N5O3. The van der Waals surface area contributed by atoms with E-state index in [4.69, 9.17) is 8.94 Å². The maximum Gasteiger partial charge on any atom is 0.277 e. The number of benzene rings is 1. The standard InChI is InChI=1S/C21H15N5O3/c1-13-19(24-21-22-8-4-9-26(13)21)14-5-2-6-15(11-14)23-20(27)16-12-18(29-25-16)17-7-3-10-28-17/h2-12H,1H3,(H,23,27). The minimum atomic E-state index is -0.378. The molecule has 8 heteroatoms. The second-order valence-corrected chi connectivity index (χ2v) is 6.42. The van der Waals surface area contributed by atoms with Gasteiger partial charge in [0.25, 0.3) is 5.91 Å². The van der Waals surface area contributed by atoms with Gasteiger partial charge in [-0.3, -0.25) is 9.20 Å². The first-order valence-electron chi connectivity index (χ1n) is 8.91. The summed E-state index contributed by atoms with van der Waals surface area (Å²) in [5.41, 5.74) is 3.44. The van der Waals surface area contributed by atoms with Crippen molar-refractivity contribution in [2.24, 2.45) is 0 Å². The molecule has 1 amide bonds. The van der Waals surface area contributed by atoms with Crippen LogP contribution in [0.25, 0.3) is 28.6 Å². The highest BCUT2D eigenvalue weighted by Crippen LogP contribution is 2.26. The lowest BCUT2D eigenvalue weighted by atomic mass is 10.1. The number of carbonyl (C=O) groups excluding carboxylic acids is 1. The Morgan fingerprint density at radius 2 is 2.03 bits per heavy atom. The van der Waals surface area contributed by atoms with E-state index in [2.05, 4.69) is 20.4 Å². The van der Waals surface area contributed by atoms with Gasteiger partial charge in [0.1, 0.15) is 0 Å². The third-order valence-electron chi connectivity index (χ3n) is 4.54. The Morgan fingerprint density at radius 1 is 1.10 bits per heavy atom. The van der Waals surface area contributed by atoms with Gasteiger partial charge in [-0.05, 0) is 37.3 Å². The number of amides is 1. The fourth-order valence-corrected chi connectivity index (χ4v) is 3.13. The summed E-state index contributed by atoms with van der Waals surface area (Å²) in [6.45, 7) is 1.98. The predicted octanol–water partition coefficient (Wildman–Crippen LogP) is 4.21. The molecule has 4 heterocycles. The summed E-state index contributed by atoms with van der Waals surface area (Å²) in [7, 11) is 0. The summed E-state index contributed by atoms with van der Waals surface area (Å²) in [5, 5.41) is 6.66. The van der Waals surface area contributed by atoms with Crippen molar-refractivity contribution in [2.45, 2.75) is 6.92 Å². The molecule has 142 valence electrons. The normalized spacial score (nSPS) is 11.1. The van der Waals surface area contributed by atoms with Crippen molar-refractivity contribution in [1.82, 2.24) is 19.5 Å². The lowest BCUT2D eigenvalue weighted by Crippen LogP contribution is -2.12. The molecule has 5 aromatic rings. The molecule has 0 saturated carbocycles. The molecule has 0 saturated heterocycles. The zero-order valence-electron chi connectivity index (χ0n) is 15.4. The Hall–Kier alpha value is -4.20. The van der Waals surface area contributed by atoms with E-state index in [9.17, 15) is 4.79 Å². The van der Waals surface area contributed by atoms with Crippen LogP contribution in [-0.2, 0) is 0 Å². The number of anilines is 1. The second-order valence-electron chi connectivity index (χ2n) is 6.42. The Bertz CT molecular complexity index is 1320. The summed E-state index contributed by atoms with van der Waals surface area (Å²) < 4.78 is 12.4. The van der Waals surface area contributed by atoms with Crippen LogP contribution in [0.15, 0.2) is 76.1 Å². The van der Waals surface area contributed by atoms with E-state index >= 15 is 0 Å². The maximum absolute atomic E-state index is 12.6. The van der Waals surface area contributed by atoms with Crippen LogP contribution in [0, 0.1) is 6.92 Å². The van der Waals surface area contributed by atoms with E-state index in [-0.39, 0.29) is 11.6 Å². The van der Waals surface area contributed by atoms with Crippen LogP contribution >= 0.6 is 0 Å². The molecule has 5 rings (SSSR count). The van der Waals surface area contributed by atoms with Gasteiger partial charge in [-0.1, -0.05) is 17.3 Å². The number of imidazole rings is 1. The zero-order valence-corrected chi connectivity index (χ0v) is 15.4. The van der Waals surface area contributed by atoms with Crippen LogP contribution in [0.1, 0.15) is 16.2 Å². The Labute approximate surface area is 164 Å². The molecule has 0 aliphatic heterocycles. The van der Waals surface area contributed by atoms with Crippen LogP contribution in [0.5, 0.6) is 0 Å². The first kappa shape index (κ1) is 16.9. The fourth-order valence-electron chi connectivity index (χ4n) is 3.13. The molecule has 0 spiro atoms. The van der Waals surface area contributed by atoms with Crippen LogP contribution < -0.4 is 5.32 Å². The molecule has 8 nitrogen and oxygen atoms in total. The predicted molar refractivity (Wildman–Crippen MR) is 105 cm³/mol. The van der Waals surface area contributed by atoms with Crippen molar-refractivity contribution in [3.63, 3.8) is 0 Å². The Balaban J connectivity index is 1.41. The minimum absolute atomic E-state index is 0.162. The molecule has 1 aromatic carbocycles. The summed E-state index contributed by atoms with van der Waals surface area (Å²) in [5.74, 6) is 1.15. The first-order valence-corrected chi connectivity index (χ1v) is 8.91. The smallest absolute Gasteiger partial charge is 0.277 e. The molecule has 0 unspecified atom stereocenters. The quantitative estimate of drug-likeness (QED) is 0.498. The number of aromatic nitrogens is 4. The number of carbonyl (C=O) groups is 1. The molecule has 0 aliphatic carbocycles. The summed E-state index contributed by atoms with van der Waals surface area (Å²) in [6, 6.07) is 14.3. The van der Waals surface area contributed by atoms with Gasteiger partial charge in [0.2, 0.25) is 11.5 Å². The van der Waals surface area contributed by atoms with Gasteiger partial charge < -0.3 is 14.3 Å². The number of aryl methyl sites for hydroxylation is 1. The largest absolute Gasteiger partial charge is 0.461 e. The van der Waals surface area contributed by atoms with Crippen molar-refractivity contribution in [3.05, 3.63) is 78.6 Å². The molecule has 29 heavy (non-hydrogen) atoms. The average Bonchev–Trinajstić information content (AvgIpc) is 3.48. The number of hydrogen-bond donors (Lipinski definition) is 1. The zero-order chi connectivity index (χ0) is 19.8. The number of nitrogens with one attached hydrogen (secondary N) is 1. The van der Waals surface area contributed by atoms with E-state index in [1.165, 1.54) is 12.3 Å². The van der Waals surface area contributed by atoms with E-state index in [1.54, 1.807) is 24.4 Å². The highest BCUT2D eigenvalue weighted by Gasteiger charge is 2.16.